The highest BCUT2D eigenvalue weighted by molar-refractivity contribution is 6.30. The number of halogens is 1. The number of nitrogens with zero attached hydrogens (tertiary/aromatic N) is 1. The molecule has 2 nitrogen and oxygen atoms in total. The molecule has 3 heteroatoms. The third kappa shape index (κ3) is 1.90. The van der Waals surface area contributed by atoms with Crippen molar-refractivity contribution >= 4 is 11.6 Å². The van der Waals surface area contributed by atoms with Crippen molar-refractivity contribution in [3.63, 3.8) is 0 Å². The molecular weight excluding hydrogens is 174 g/mol. The van der Waals surface area contributed by atoms with Gasteiger partial charge in [-0.3, -0.25) is 0 Å². The molecule has 0 aliphatic heterocycles. The van der Waals surface area contributed by atoms with Gasteiger partial charge in [0.1, 0.15) is 5.75 Å². The van der Waals surface area contributed by atoms with E-state index in [0.29, 0.717) is 11.6 Å². The third-order valence-corrected chi connectivity index (χ3v) is 1.73. The predicted molar refractivity (Wildman–Crippen MR) is 48.3 cm³/mol. The number of rotatable bonds is 2. The smallest absolute Gasteiger partial charge is 0.243 e. The zero-order valence-corrected chi connectivity index (χ0v) is 7.43. The predicted octanol–water partition coefficient (Wildman–Crippen LogP) is 2.77. The zero-order valence-electron chi connectivity index (χ0n) is 6.67. The van der Waals surface area contributed by atoms with E-state index in [9.17, 15) is 0 Å². The van der Waals surface area contributed by atoms with E-state index in [4.69, 9.17) is 22.9 Å². The van der Waals surface area contributed by atoms with Crippen molar-refractivity contribution in [2.45, 2.75) is 6.54 Å². The average molecular weight is 182 g/mol. The van der Waals surface area contributed by atoms with Crippen LogP contribution in [-0.4, -0.2) is 7.11 Å². The van der Waals surface area contributed by atoms with Gasteiger partial charge in [0.15, 0.2) is 0 Å². The molecule has 0 unspecified atom stereocenters. The quantitative estimate of drug-likeness (QED) is 0.640. The highest BCUT2D eigenvalue weighted by Crippen LogP contribution is 2.22. The lowest BCUT2D eigenvalue weighted by Crippen LogP contribution is -1.89. The summed E-state index contributed by atoms with van der Waals surface area (Å²) in [6, 6.07) is 5.26. The van der Waals surface area contributed by atoms with Crippen molar-refractivity contribution in [1.29, 1.82) is 0 Å². The monoisotopic (exact) mass is 181 g/mol. The lowest BCUT2D eigenvalue weighted by Gasteiger charge is -2.02. The van der Waals surface area contributed by atoms with Crippen LogP contribution in [0.2, 0.25) is 5.02 Å². The van der Waals surface area contributed by atoms with Crippen LogP contribution in [0.15, 0.2) is 18.2 Å². The van der Waals surface area contributed by atoms with E-state index >= 15 is 0 Å². The molecule has 0 saturated carbocycles. The Kier molecular flexibility index (Phi) is 2.95. The second-order valence-electron chi connectivity index (χ2n) is 2.27. The van der Waals surface area contributed by atoms with Crippen molar-refractivity contribution in [1.82, 2.24) is 0 Å². The minimum absolute atomic E-state index is 0.309. The molecule has 0 saturated heterocycles. The summed E-state index contributed by atoms with van der Waals surface area (Å²) < 4.78 is 5.05. The molecular formula is C9H8ClNO. The van der Waals surface area contributed by atoms with Crippen LogP contribution >= 0.6 is 11.6 Å². The van der Waals surface area contributed by atoms with Crippen LogP contribution in [0.5, 0.6) is 5.75 Å². The van der Waals surface area contributed by atoms with E-state index < -0.39 is 0 Å². The fourth-order valence-electron chi connectivity index (χ4n) is 0.956. The van der Waals surface area contributed by atoms with Crippen LogP contribution in [0.3, 0.4) is 0 Å². The van der Waals surface area contributed by atoms with E-state index in [1.54, 1.807) is 25.3 Å². The fraction of sp³-hybridized carbons (Fsp3) is 0.222. The Morgan fingerprint density at radius 2 is 2.33 bits per heavy atom. The maximum Gasteiger partial charge on any atom is 0.243 e. The zero-order chi connectivity index (χ0) is 8.97. The third-order valence-electron chi connectivity index (χ3n) is 1.49. The Morgan fingerprint density at radius 1 is 1.58 bits per heavy atom. The molecule has 1 aromatic carbocycles. The molecule has 62 valence electrons. The molecule has 0 aromatic heterocycles. The minimum Gasteiger partial charge on any atom is -0.496 e. The Hall–Kier alpha value is -1.20. The number of benzene rings is 1. The van der Waals surface area contributed by atoms with E-state index in [1.807, 2.05) is 0 Å². The lowest BCUT2D eigenvalue weighted by atomic mass is 10.2. The second-order valence-corrected chi connectivity index (χ2v) is 2.71. The summed E-state index contributed by atoms with van der Waals surface area (Å²) in [7, 11) is 1.58. The van der Waals surface area contributed by atoms with Crippen molar-refractivity contribution in [2.75, 3.05) is 7.11 Å². The molecule has 1 rings (SSSR count). The summed E-state index contributed by atoms with van der Waals surface area (Å²) in [5.74, 6) is 0.718. The van der Waals surface area contributed by atoms with Gasteiger partial charge in [-0.2, -0.15) is 0 Å². The van der Waals surface area contributed by atoms with Gasteiger partial charge in [-0.25, -0.2) is 6.57 Å². The van der Waals surface area contributed by atoms with Crippen LogP contribution in [0, 0.1) is 6.57 Å². The van der Waals surface area contributed by atoms with Crippen LogP contribution in [-0.2, 0) is 6.54 Å². The standard InChI is InChI=1S/C9H8ClNO/c1-11-6-7-5-8(10)3-4-9(7)12-2/h3-5H,6H2,2H3. The van der Waals surface area contributed by atoms with Gasteiger partial charge in [-0.05, 0) is 18.2 Å². The molecule has 0 N–H and O–H groups in total. The van der Waals surface area contributed by atoms with Gasteiger partial charge in [0.05, 0.1) is 12.7 Å². The molecule has 1 aromatic rings. The highest BCUT2D eigenvalue weighted by atomic mass is 35.5. The maximum absolute atomic E-state index is 6.71. The van der Waals surface area contributed by atoms with Crippen LogP contribution in [0.4, 0.5) is 0 Å². The molecule has 0 atom stereocenters. The number of hydrogen-bond acceptors (Lipinski definition) is 1. The Labute approximate surface area is 76.5 Å². The summed E-state index contributed by atoms with van der Waals surface area (Å²) in [6.45, 7) is 7.02. The van der Waals surface area contributed by atoms with Crippen molar-refractivity contribution in [3.05, 3.63) is 40.2 Å². The fourth-order valence-corrected chi connectivity index (χ4v) is 1.15. The summed E-state index contributed by atoms with van der Waals surface area (Å²) in [4.78, 5) is 3.27. The number of methoxy groups -OCH3 is 1. The SMILES string of the molecule is [C-]#[N+]Cc1cc(Cl)ccc1OC. The molecule has 0 aliphatic carbocycles. The average Bonchev–Trinajstić information content (AvgIpc) is 2.05. The van der Waals surface area contributed by atoms with Gasteiger partial charge in [-0.1, -0.05) is 11.6 Å². The van der Waals surface area contributed by atoms with Gasteiger partial charge in [0, 0.05) is 5.02 Å². The Bertz CT molecular complexity index is 317. The van der Waals surface area contributed by atoms with E-state index in [2.05, 4.69) is 4.85 Å². The van der Waals surface area contributed by atoms with Gasteiger partial charge < -0.3 is 9.58 Å². The summed E-state index contributed by atoms with van der Waals surface area (Å²) in [6.07, 6.45) is 0. The topological polar surface area (TPSA) is 13.6 Å². The van der Waals surface area contributed by atoms with Crippen molar-refractivity contribution in [2.24, 2.45) is 0 Å². The Balaban J connectivity index is 3.05. The van der Waals surface area contributed by atoms with Crippen LogP contribution in [0.1, 0.15) is 5.56 Å². The van der Waals surface area contributed by atoms with E-state index in [1.165, 1.54) is 0 Å². The lowest BCUT2D eigenvalue weighted by molar-refractivity contribution is 0.410. The van der Waals surface area contributed by atoms with Crippen molar-refractivity contribution in [3.8, 4) is 5.75 Å². The molecule has 12 heavy (non-hydrogen) atoms. The maximum atomic E-state index is 6.71. The Morgan fingerprint density at radius 3 is 2.92 bits per heavy atom. The molecule has 0 aliphatic rings. The molecule has 0 heterocycles. The van der Waals surface area contributed by atoms with Crippen molar-refractivity contribution < 1.29 is 4.74 Å². The normalized spacial score (nSPS) is 9.08. The highest BCUT2D eigenvalue weighted by Gasteiger charge is 2.04. The first-order valence-corrected chi connectivity index (χ1v) is 3.81. The van der Waals surface area contributed by atoms with Crippen LogP contribution < -0.4 is 4.74 Å². The first-order valence-electron chi connectivity index (χ1n) is 3.43. The van der Waals surface area contributed by atoms with E-state index in [0.717, 1.165) is 11.3 Å². The first-order chi connectivity index (χ1) is 5.77. The molecule has 0 bridgehead atoms. The summed E-state index contributed by atoms with van der Waals surface area (Å²) in [5, 5.41) is 0.634. The van der Waals surface area contributed by atoms with Gasteiger partial charge in [0.25, 0.3) is 0 Å². The molecule has 0 amide bonds. The molecule has 0 spiro atoms. The number of hydrogen-bond donors (Lipinski definition) is 0. The summed E-state index contributed by atoms with van der Waals surface area (Å²) in [5.41, 5.74) is 0.833. The van der Waals surface area contributed by atoms with Gasteiger partial charge in [-0.15, -0.1) is 0 Å². The minimum atomic E-state index is 0.309. The van der Waals surface area contributed by atoms with E-state index in [-0.39, 0.29) is 0 Å². The molecule has 0 radical (unpaired) electrons. The van der Waals surface area contributed by atoms with Crippen LogP contribution in [0.25, 0.3) is 4.85 Å². The summed E-state index contributed by atoms with van der Waals surface area (Å²) >= 11 is 5.75. The largest absolute Gasteiger partial charge is 0.496 e. The van der Waals surface area contributed by atoms with Gasteiger partial charge in [0.2, 0.25) is 6.54 Å². The van der Waals surface area contributed by atoms with Gasteiger partial charge >= 0.3 is 0 Å². The molecule has 0 fully saturated rings. The first kappa shape index (κ1) is 8.89. The number of ether oxygens (including phenoxy) is 1. The second kappa shape index (κ2) is 3.99.